The molecule has 0 aliphatic rings. The molecule has 0 atom stereocenters. The monoisotopic (exact) mass is 696 g/mol. The smallest absolute Gasteiger partial charge is 0.220 e. The summed E-state index contributed by atoms with van der Waals surface area (Å²) in [7, 11) is 0. The summed E-state index contributed by atoms with van der Waals surface area (Å²) >= 11 is 0. The van der Waals surface area contributed by atoms with E-state index in [4.69, 9.17) is 9.97 Å². The van der Waals surface area contributed by atoms with Gasteiger partial charge in [-0.05, 0) is 145 Å². The summed E-state index contributed by atoms with van der Waals surface area (Å²) in [5, 5.41) is 0. The first-order valence-corrected chi connectivity index (χ1v) is 18.5. The second kappa shape index (κ2) is 11.3. The van der Waals surface area contributed by atoms with Gasteiger partial charge in [0.25, 0.3) is 0 Å². The van der Waals surface area contributed by atoms with Crippen molar-refractivity contribution in [2.24, 2.45) is 0 Å². The summed E-state index contributed by atoms with van der Waals surface area (Å²) < 4.78 is 9.19. The molecule has 7 aromatic carbocycles. The highest BCUT2D eigenvalue weighted by Gasteiger charge is 2.23. The maximum atomic E-state index is 5.13. The minimum absolute atomic E-state index is 0.918. The molecule has 0 amide bonds. The van der Waals surface area contributed by atoms with Crippen molar-refractivity contribution in [3.63, 3.8) is 0 Å². The average molecular weight is 697 g/mol. The van der Waals surface area contributed by atoms with Gasteiger partial charge >= 0.3 is 0 Å². The number of para-hydroxylation sites is 6. The van der Waals surface area contributed by atoms with Gasteiger partial charge in [-0.15, -0.1) is 0 Å². The number of benzene rings is 7. The molecule has 0 saturated heterocycles. The minimum atomic E-state index is 0.918. The first kappa shape index (κ1) is 30.7. The van der Waals surface area contributed by atoms with E-state index in [2.05, 4.69) is 191 Å². The zero-order valence-corrected chi connectivity index (χ0v) is 30.5. The lowest BCUT2D eigenvalue weighted by Gasteiger charge is -2.21. The summed E-state index contributed by atoms with van der Waals surface area (Å²) in [6.45, 7) is 9.14. The molecule has 6 heteroatoms. The van der Waals surface area contributed by atoms with Crippen molar-refractivity contribution >= 4 is 55.7 Å². The lowest BCUT2D eigenvalue weighted by atomic mass is 9.83. The lowest BCUT2D eigenvalue weighted by molar-refractivity contribution is 1.11. The molecule has 0 fully saturated rings. The summed E-state index contributed by atoms with van der Waals surface area (Å²) in [6.07, 6.45) is 0. The predicted molar refractivity (Wildman–Crippen MR) is 222 cm³/mol. The minimum Gasteiger partial charge on any atom is -0.278 e. The predicted octanol–water partition coefficient (Wildman–Crippen LogP) is 11.7. The summed E-state index contributed by atoms with van der Waals surface area (Å²) in [6, 6.07) is 51.8. The Balaban J connectivity index is 1.12. The molecular formula is C48H36N6. The molecule has 0 saturated carbocycles. The van der Waals surface area contributed by atoms with Gasteiger partial charge in [-0.1, -0.05) is 72.8 Å². The molecule has 0 radical (unpaired) electrons. The van der Waals surface area contributed by atoms with Crippen LogP contribution in [0.2, 0.25) is 0 Å². The molecule has 11 aromatic rings. The molecule has 258 valence electrons. The molecule has 0 bridgehead atoms. The average Bonchev–Trinajstić information content (AvgIpc) is 3.94. The topological polar surface area (TPSA) is 44.5 Å². The third-order valence-electron chi connectivity index (χ3n) is 11.6. The molecule has 11 rings (SSSR count). The summed E-state index contributed by atoms with van der Waals surface area (Å²) in [4.78, 5) is 10.3. The Morgan fingerprint density at radius 2 is 0.722 bits per heavy atom. The number of imidazole rings is 4. The van der Waals surface area contributed by atoms with Gasteiger partial charge in [0.05, 0.1) is 44.1 Å². The Bertz CT molecular complexity index is 3050. The number of nitrogens with zero attached hydrogens (tertiary/aromatic N) is 6. The van der Waals surface area contributed by atoms with Crippen molar-refractivity contribution in [1.82, 2.24) is 27.9 Å². The van der Waals surface area contributed by atoms with Gasteiger partial charge in [0.1, 0.15) is 0 Å². The first-order valence-electron chi connectivity index (χ1n) is 18.5. The zero-order chi connectivity index (χ0) is 36.2. The van der Waals surface area contributed by atoms with E-state index in [1.165, 1.54) is 44.5 Å². The van der Waals surface area contributed by atoms with Crippen LogP contribution in [-0.2, 0) is 0 Å². The van der Waals surface area contributed by atoms with Crippen molar-refractivity contribution in [3.05, 3.63) is 168 Å². The number of aromatic nitrogens is 6. The molecule has 4 aromatic heterocycles. The maximum Gasteiger partial charge on any atom is 0.220 e. The van der Waals surface area contributed by atoms with Crippen LogP contribution in [0.25, 0.3) is 89.3 Å². The van der Waals surface area contributed by atoms with Crippen molar-refractivity contribution in [3.8, 4) is 33.6 Å². The third kappa shape index (κ3) is 4.16. The molecule has 0 aliphatic carbocycles. The van der Waals surface area contributed by atoms with Crippen LogP contribution in [-0.4, -0.2) is 27.9 Å². The Morgan fingerprint density at radius 1 is 0.352 bits per heavy atom. The van der Waals surface area contributed by atoms with Crippen molar-refractivity contribution in [2.45, 2.75) is 27.7 Å². The largest absolute Gasteiger partial charge is 0.278 e. The SMILES string of the molecule is Cc1c(C)c(-c2ccc3c(c2)n2c4ccccc4nc2n3-c2ccccc2)c(C)c(C)c1-c1ccc2c(c1)n1c3ccccc3nc1n2-c1ccccc1. The Morgan fingerprint density at radius 3 is 1.13 bits per heavy atom. The number of hydrogen-bond donors (Lipinski definition) is 0. The number of rotatable bonds is 4. The Labute approximate surface area is 311 Å². The van der Waals surface area contributed by atoms with E-state index in [1.807, 2.05) is 0 Å². The first-order chi connectivity index (χ1) is 26.5. The fourth-order valence-corrected chi connectivity index (χ4v) is 8.95. The van der Waals surface area contributed by atoms with Crippen molar-refractivity contribution in [2.75, 3.05) is 0 Å². The lowest BCUT2D eigenvalue weighted by Crippen LogP contribution is -2.00. The van der Waals surface area contributed by atoms with E-state index >= 15 is 0 Å². The highest BCUT2D eigenvalue weighted by molar-refractivity contribution is 5.97. The van der Waals surface area contributed by atoms with Gasteiger partial charge in [0.15, 0.2) is 0 Å². The second-order valence-electron chi connectivity index (χ2n) is 14.5. The van der Waals surface area contributed by atoms with E-state index < -0.39 is 0 Å². The van der Waals surface area contributed by atoms with E-state index in [0.717, 1.165) is 67.1 Å². The molecule has 54 heavy (non-hydrogen) atoms. The molecule has 0 N–H and O–H groups in total. The van der Waals surface area contributed by atoms with Gasteiger partial charge in [-0.25, -0.2) is 9.97 Å². The van der Waals surface area contributed by atoms with Crippen molar-refractivity contribution in [1.29, 1.82) is 0 Å². The van der Waals surface area contributed by atoms with Crippen LogP contribution in [0.15, 0.2) is 146 Å². The van der Waals surface area contributed by atoms with Gasteiger partial charge < -0.3 is 0 Å². The van der Waals surface area contributed by atoms with Crippen LogP contribution in [0.5, 0.6) is 0 Å². The van der Waals surface area contributed by atoms with E-state index in [-0.39, 0.29) is 0 Å². The van der Waals surface area contributed by atoms with Crippen LogP contribution < -0.4 is 0 Å². The highest BCUT2D eigenvalue weighted by atomic mass is 15.2. The highest BCUT2D eigenvalue weighted by Crippen LogP contribution is 2.42. The Kier molecular flexibility index (Phi) is 6.41. The quantitative estimate of drug-likeness (QED) is 0.184. The standard InChI is InChI=1S/C48H36N6/c1-29-30(2)46(34-24-26-42-44(28-34)54-40-22-14-12-20-38(40)50-48(54)52(42)36-17-9-6-10-18-36)32(4)31(3)45(29)33-23-25-41-43(27-33)53-39-21-13-11-19-37(39)49-47(53)51(41)35-15-7-5-8-16-35/h5-28H,1-4H3. The molecule has 0 aliphatic heterocycles. The fourth-order valence-electron chi connectivity index (χ4n) is 8.95. The van der Waals surface area contributed by atoms with Crippen LogP contribution in [0.3, 0.4) is 0 Å². The van der Waals surface area contributed by atoms with Crippen molar-refractivity contribution < 1.29 is 0 Å². The van der Waals surface area contributed by atoms with Crippen LogP contribution in [0.1, 0.15) is 22.3 Å². The Hall–Kier alpha value is -6.92. The summed E-state index contributed by atoms with van der Waals surface area (Å²) in [5.41, 5.74) is 21.1. The van der Waals surface area contributed by atoms with Gasteiger partial charge in [-0.2, -0.15) is 0 Å². The van der Waals surface area contributed by atoms with E-state index in [1.54, 1.807) is 0 Å². The normalized spacial score (nSPS) is 12.1. The third-order valence-corrected chi connectivity index (χ3v) is 11.6. The fraction of sp³-hybridized carbons (Fsp3) is 0.0833. The molecular weight excluding hydrogens is 661 g/mol. The molecule has 0 unspecified atom stereocenters. The van der Waals surface area contributed by atoms with E-state index in [0.29, 0.717) is 0 Å². The maximum absolute atomic E-state index is 5.13. The van der Waals surface area contributed by atoms with Crippen LogP contribution >= 0.6 is 0 Å². The number of hydrogen-bond acceptors (Lipinski definition) is 2. The van der Waals surface area contributed by atoms with Gasteiger partial charge in [-0.3, -0.25) is 17.9 Å². The zero-order valence-electron chi connectivity index (χ0n) is 30.5. The van der Waals surface area contributed by atoms with Gasteiger partial charge in [0.2, 0.25) is 11.6 Å². The molecule has 6 nitrogen and oxygen atoms in total. The van der Waals surface area contributed by atoms with Gasteiger partial charge in [0, 0.05) is 11.4 Å². The summed E-state index contributed by atoms with van der Waals surface area (Å²) in [5.74, 6) is 1.84. The molecule has 4 heterocycles. The van der Waals surface area contributed by atoms with E-state index in [9.17, 15) is 0 Å². The molecule has 0 spiro atoms. The van der Waals surface area contributed by atoms with Crippen LogP contribution in [0, 0.1) is 27.7 Å². The van der Waals surface area contributed by atoms with Crippen LogP contribution in [0.4, 0.5) is 0 Å². The second-order valence-corrected chi connectivity index (χ2v) is 14.5. The number of fused-ring (bicyclic) bond motifs is 10.